The molecule has 2 aromatic carbocycles. The van der Waals surface area contributed by atoms with Gasteiger partial charge in [0.1, 0.15) is 12.2 Å². The van der Waals surface area contributed by atoms with Gasteiger partial charge in [-0.15, -0.1) is 0 Å². The third-order valence-electron chi connectivity index (χ3n) is 7.84. The first-order valence-corrected chi connectivity index (χ1v) is 16.2. The summed E-state index contributed by atoms with van der Waals surface area (Å²) in [6.07, 6.45) is 17.4. The molecule has 1 amide bonds. The number of carbonyl (C=O) groups excluding carboxylic acids is 2. The highest BCUT2D eigenvalue weighted by atomic mass is 16.6. The summed E-state index contributed by atoms with van der Waals surface area (Å²) >= 11 is 0. The molecule has 0 saturated heterocycles. The fraction of sp³-hybridized carbons (Fsp3) is 0.611. The number of fused-ring (bicyclic) bond motifs is 3. The van der Waals surface area contributed by atoms with Crippen LogP contribution in [0.5, 0.6) is 0 Å². The fourth-order valence-electron chi connectivity index (χ4n) is 5.75. The smallest absolute Gasteiger partial charge is 0.407 e. The monoisotopic (exact) mass is 563 g/mol. The minimum atomic E-state index is -0.371. The van der Waals surface area contributed by atoms with Gasteiger partial charge in [-0.2, -0.15) is 0 Å². The van der Waals surface area contributed by atoms with Crippen LogP contribution in [0.4, 0.5) is 4.79 Å². The number of hydrogen-bond donors (Lipinski definition) is 1. The number of nitrogens with one attached hydrogen (secondary N) is 1. The molecule has 5 heteroatoms. The van der Waals surface area contributed by atoms with Crippen LogP contribution < -0.4 is 5.32 Å². The molecule has 0 unspecified atom stereocenters. The van der Waals surface area contributed by atoms with E-state index in [4.69, 9.17) is 9.47 Å². The van der Waals surface area contributed by atoms with E-state index >= 15 is 0 Å². The van der Waals surface area contributed by atoms with E-state index in [2.05, 4.69) is 53.8 Å². The minimum absolute atomic E-state index is 0.0669. The van der Waals surface area contributed by atoms with Crippen molar-refractivity contribution in [2.75, 3.05) is 13.2 Å². The molecule has 0 atom stereocenters. The molecule has 0 fully saturated rings. The van der Waals surface area contributed by atoms with Crippen LogP contribution in [0.3, 0.4) is 0 Å². The zero-order chi connectivity index (χ0) is 29.3. The maximum Gasteiger partial charge on any atom is 0.407 e. The van der Waals surface area contributed by atoms with Gasteiger partial charge in [-0.1, -0.05) is 126 Å². The minimum Gasteiger partial charge on any atom is -0.460 e. The maximum absolute atomic E-state index is 12.3. The van der Waals surface area contributed by atoms with Crippen molar-refractivity contribution >= 4 is 12.1 Å². The van der Waals surface area contributed by atoms with Crippen molar-refractivity contribution in [1.82, 2.24) is 5.32 Å². The number of esters is 1. The average molecular weight is 564 g/mol. The lowest BCUT2D eigenvalue weighted by Crippen LogP contribution is -2.27. The van der Waals surface area contributed by atoms with E-state index in [-0.39, 0.29) is 23.6 Å². The zero-order valence-electron chi connectivity index (χ0n) is 25.8. The second-order valence-corrected chi connectivity index (χ2v) is 12.5. The van der Waals surface area contributed by atoms with Crippen LogP contribution in [0.1, 0.15) is 134 Å². The topological polar surface area (TPSA) is 64.6 Å². The van der Waals surface area contributed by atoms with Gasteiger partial charge < -0.3 is 14.8 Å². The predicted octanol–water partition coefficient (Wildman–Crippen LogP) is 9.72. The van der Waals surface area contributed by atoms with Crippen LogP contribution in [0, 0.1) is 0 Å². The molecular weight excluding hydrogens is 510 g/mol. The van der Waals surface area contributed by atoms with Crippen LogP contribution in [0.25, 0.3) is 11.1 Å². The van der Waals surface area contributed by atoms with Crippen molar-refractivity contribution in [3.05, 3.63) is 59.7 Å². The summed E-state index contributed by atoms with van der Waals surface area (Å²) < 4.78 is 11.0. The first-order chi connectivity index (χ1) is 19.8. The van der Waals surface area contributed by atoms with Gasteiger partial charge in [-0.05, 0) is 55.9 Å². The zero-order valence-corrected chi connectivity index (χ0v) is 25.8. The Morgan fingerprint density at radius 2 is 1.10 bits per heavy atom. The third kappa shape index (κ3) is 12.3. The molecule has 1 N–H and O–H groups in total. The highest BCUT2D eigenvalue weighted by Crippen LogP contribution is 2.44. The number of alkyl carbamates (subject to hydrolysis) is 1. The predicted molar refractivity (Wildman–Crippen MR) is 168 cm³/mol. The van der Waals surface area contributed by atoms with E-state index in [9.17, 15) is 9.59 Å². The second-order valence-electron chi connectivity index (χ2n) is 12.5. The van der Waals surface area contributed by atoms with Crippen molar-refractivity contribution in [3.8, 4) is 11.1 Å². The van der Waals surface area contributed by atoms with Gasteiger partial charge in [0, 0.05) is 18.9 Å². The van der Waals surface area contributed by atoms with Crippen LogP contribution in [-0.4, -0.2) is 30.8 Å². The lowest BCUT2D eigenvalue weighted by atomic mass is 9.98. The summed E-state index contributed by atoms with van der Waals surface area (Å²) in [5, 5.41) is 2.93. The summed E-state index contributed by atoms with van der Waals surface area (Å²) in [7, 11) is 0. The third-order valence-corrected chi connectivity index (χ3v) is 7.84. The first kappa shape index (κ1) is 32.7. The van der Waals surface area contributed by atoms with Gasteiger partial charge in [0.15, 0.2) is 0 Å². The number of hydrogen-bond acceptors (Lipinski definition) is 4. The van der Waals surface area contributed by atoms with Gasteiger partial charge in [-0.3, -0.25) is 4.79 Å². The molecule has 0 bridgehead atoms. The second kappa shape index (κ2) is 17.9. The molecule has 0 aromatic heterocycles. The molecule has 0 aliphatic heterocycles. The van der Waals surface area contributed by atoms with Crippen LogP contribution >= 0.6 is 0 Å². The molecule has 41 heavy (non-hydrogen) atoms. The molecule has 0 saturated carbocycles. The Kier molecular flexibility index (Phi) is 14.3. The standard InChI is InChI=1S/C36H53NO4/c1-36(2,3)41-34(38)26-16-14-12-10-8-6-4-5-7-9-11-13-15-21-27-37-35(39)40-28-33-31-24-19-17-22-29(31)30-23-18-20-25-32(30)33/h17-20,22-25,33H,4-16,21,26-28H2,1-3H3,(H,37,39). The van der Waals surface area contributed by atoms with E-state index < -0.39 is 0 Å². The van der Waals surface area contributed by atoms with Gasteiger partial charge in [0.05, 0.1) is 0 Å². The van der Waals surface area contributed by atoms with Gasteiger partial charge >= 0.3 is 12.1 Å². The molecule has 2 aromatic rings. The van der Waals surface area contributed by atoms with Gasteiger partial charge in [0.2, 0.25) is 0 Å². The molecule has 1 aliphatic rings. The van der Waals surface area contributed by atoms with Gasteiger partial charge in [-0.25, -0.2) is 4.79 Å². The summed E-state index contributed by atoms with van der Waals surface area (Å²) in [5.41, 5.74) is 4.61. The Balaban J connectivity index is 1.09. The summed E-state index contributed by atoms with van der Waals surface area (Å²) in [4.78, 5) is 24.0. The van der Waals surface area contributed by atoms with E-state index in [1.807, 2.05) is 20.8 Å². The number of rotatable bonds is 19. The normalized spacial score (nSPS) is 12.6. The number of carbonyl (C=O) groups is 2. The van der Waals surface area contributed by atoms with E-state index in [1.54, 1.807) is 0 Å². The number of amides is 1. The summed E-state index contributed by atoms with van der Waals surface area (Å²) in [6.45, 7) is 6.81. The lowest BCUT2D eigenvalue weighted by molar-refractivity contribution is -0.154. The lowest BCUT2D eigenvalue weighted by Gasteiger charge is -2.19. The molecule has 3 rings (SSSR count). The Morgan fingerprint density at radius 3 is 1.59 bits per heavy atom. The Morgan fingerprint density at radius 1 is 0.659 bits per heavy atom. The highest BCUT2D eigenvalue weighted by Gasteiger charge is 2.28. The maximum atomic E-state index is 12.3. The van der Waals surface area contributed by atoms with Crippen molar-refractivity contribution in [2.24, 2.45) is 0 Å². The number of ether oxygens (including phenoxy) is 2. The highest BCUT2D eigenvalue weighted by molar-refractivity contribution is 5.79. The number of benzene rings is 2. The van der Waals surface area contributed by atoms with Crippen LogP contribution in [0.2, 0.25) is 0 Å². The molecular formula is C36H53NO4. The molecule has 0 radical (unpaired) electrons. The molecule has 1 aliphatic carbocycles. The van der Waals surface area contributed by atoms with E-state index in [0.717, 1.165) is 25.7 Å². The molecule has 226 valence electrons. The van der Waals surface area contributed by atoms with Crippen LogP contribution in [-0.2, 0) is 14.3 Å². The van der Waals surface area contributed by atoms with Crippen molar-refractivity contribution in [1.29, 1.82) is 0 Å². The van der Waals surface area contributed by atoms with Crippen LogP contribution in [0.15, 0.2) is 48.5 Å². The Labute approximate surface area is 248 Å². The Hall–Kier alpha value is -2.82. The molecule has 5 nitrogen and oxygen atoms in total. The number of unbranched alkanes of at least 4 members (excludes halogenated alkanes) is 13. The molecule has 0 spiro atoms. The van der Waals surface area contributed by atoms with Crippen molar-refractivity contribution in [2.45, 2.75) is 129 Å². The van der Waals surface area contributed by atoms with Crippen molar-refractivity contribution in [3.63, 3.8) is 0 Å². The average Bonchev–Trinajstić information content (AvgIpc) is 3.26. The van der Waals surface area contributed by atoms with Gasteiger partial charge in [0.25, 0.3) is 0 Å². The van der Waals surface area contributed by atoms with E-state index in [0.29, 0.717) is 19.6 Å². The molecule has 0 heterocycles. The Bertz CT molecular complexity index is 1010. The first-order valence-electron chi connectivity index (χ1n) is 16.2. The largest absolute Gasteiger partial charge is 0.460 e. The SMILES string of the molecule is CC(C)(C)OC(=O)CCCCCCCCCCCCCCCCNC(=O)OCC1c2ccccc2-c2ccccc21. The van der Waals surface area contributed by atoms with E-state index in [1.165, 1.54) is 86.5 Å². The summed E-state index contributed by atoms with van der Waals surface area (Å²) in [6, 6.07) is 16.8. The fourth-order valence-corrected chi connectivity index (χ4v) is 5.75. The summed E-state index contributed by atoms with van der Waals surface area (Å²) in [5.74, 6) is 0.0399. The quantitative estimate of drug-likeness (QED) is 0.136. The van der Waals surface area contributed by atoms with Crippen molar-refractivity contribution < 1.29 is 19.1 Å².